The molecule has 1 heterocycles. The Hall–Kier alpha value is -1.59. The molecule has 5 heteroatoms. The van der Waals surface area contributed by atoms with Crippen LogP contribution in [0.2, 0.25) is 0 Å². The lowest BCUT2D eigenvalue weighted by Crippen LogP contribution is -2.07. The van der Waals surface area contributed by atoms with Crippen LogP contribution in [-0.2, 0) is 13.0 Å². The van der Waals surface area contributed by atoms with Crippen LogP contribution in [-0.4, -0.2) is 18.1 Å². The molecule has 102 valence electrons. The van der Waals surface area contributed by atoms with Gasteiger partial charge in [0.25, 0.3) is 0 Å². The largest absolute Gasteiger partial charge is 0.490 e. The number of rotatable bonds is 7. The van der Waals surface area contributed by atoms with Gasteiger partial charge in [-0.2, -0.15) is 0 Å². The number of hydrogen-bond donors (Lipinski definition) is 1. The van der Waals surface area contributed by atoms with Crippen molar-refractivity contribution in [3.05, 3.63) is 40.3 Å². The van der Waals surface area contributed by atoms with Gasteiger partial charge in [0.2, 0.25) is 0 Å². The molecule has 0 radical (unpaired) electrons. The molecule has 4 nitrogen and oxygen atoms in total. The maximum atomic E-state index is 5.89. The Bertz CT molecular complexity index is 476. The second-order valence-electron chi connectivity index (χ2n) is 3.93. The SMILES string of the molecule is CCOc1cccc(CCN)c1OCc1nccs1. The highest BCUT2D eigenvalue weighted by Crippen LogP contribution is 2.32. The molecule has 0 amide bonds. The van der Waals surface area contributed by atoms with Crippen molar-refractivity contribution in [1.29, 1.82) is 0 Å². The molecule has 0 aliphatic rings. The Kier molecular flexibility index (Phi) is 5.18. The van der Waals surface area contributed by atoms with E-state index in [1.807, 2.05) is 30.5 Å². The highest BCUT2D eigenvalue weighted by atomic mass is 32.1. The zero-order chi connectivity index (χ0) is 13.5. The number of para-hydroxylation sites is 1. The van der Waals surface area contributed by atoms with Crippen LogP contribution < -0.4 is 15.2 Å². The van der Waals surface area contributed by atoms with Crippen molar-refractivity contribution in [2.75, 3.05) is 13.2 Å². The number of nitrogens with two attached hydrogens (primary N) is 1. The first-order valence-corrected chi connectivity index (χ1v) is 7.19. The van der Waals surface area contributed by atoms with Crippen molar-refractivity contribution in [3.63, 3.8) is 0 Å². The van der Waals surface area contributed by atoms with Crippen LogP contribution in [0.5, 0.6) is 11.5 Å². The molecule has 1 aromatic carbocycles. The third kappa shape index (κ3) is 3.68. The average Bonchev–Trinajstić information content (AvgIpc) is 2.92. The van der Waals surface area contributed by atoms with Gasteiger partial charge in [-0.25, -0.2) is 4.98 Å². The minimum atomic E-state index is 0.458. The Morgan fingerprint density at radius 2 is 2.21 bits per heavy atom. The van der Waals surface area contributed by atoms with Gasteiger partial charge < -0.3 is 15.2 Å². The molecule has 0 aliphatic carbocycles. The van der Waals surface area contributed by atoms with Gasteiger partial charge in [0.05, 0.1) is 6.61 Å². The molecular weight excluding hydrogens is 260 g/mol. The highest BCUT2D eigenvalue weighted by molar-refractivity contribution is 7.09. The minimum absolute atomic E-state index is 0.458. The van der Waals surface area contributed by atoms with Crippen LogP contribution in [0, 0.1) is 0 Å². The Labute approximate surface area is 117 Å². The highest BCUT2D eigenvalue weighted by Gasteiger charge is 2.11. The molecule has 1 aromatic heterocycles. The van der Waals surface area contributed by atoms with Crippen LogP contribution in [0.1, 0.15) is 17.5 Å². The standard InChI is InChI=1S/C14H18N2O2S/c1-2-17-12-5-3-4-11(6-7-15)14(12)18-10-13-16-8-9-19-13/h3-5,8-9H,2,6-7,10,15H2,1H3. The number of nitrogens with zero attached hydrogens (tertiary/aromatic N) is 1. The number of aromatic nitrogens is 1. The first kappa shape index (κ1) is 13.8. The Morgan fingerprint density at radius 1 is 1.32 bits per heavy atom. The molecule has 19 heavy (non-hydrogen) atoms. The summed E-state index contributed by atoms with van der Waals surface area (Å²) in [6.45, 7) is 3.61. The Morgan fingerprint density at radius 3 is 2.89 bits per heavy atom. The van der Waals surface area contributed by atoms with Crippen LogP contribution in [0.3, 0.4) is 0 Å². The third-order valence-corrected chi connectivity index (χ3v) is 3.35. The van der Waals surface area contributed by atoms with Crippen LogP contribution in [0.25, 0.3) is 0 Å². The lowest BCUT2D eigenvalue weighted by atomic mass is 10.1. The van der Waals surface area contributed by atoms with E-state index >= 15 is 0 Å². The van der Waals surface area contributed by atoms with Gasteiger partial charge >= 0.3 is 0 Å². The summed E-state index contributed by atoms with van der Waals surface area (Å²) in [6, 6.07) is 5.90. The molecular formula is C14H18N2O2S. The van der Waals surface area contributed by atoms with Crippen molar-refractivity contribution in [2.45, 2.75) is 20.0 Å². The monoisotopic (exact) mass is 278 g/mol. The summed E-state index contributed by atoms with van der Waals surface area (Å²) in [4.78, 5) is 4.21. The summed E-state index contributed by atoms with van der Waals surface area (Å²) < 4.78 is 11.5. The maximum absolute atomic E-state index is 5.89. The minimum Gasteiger partial charge on any atom is -0.490 e. The molecule has 0 saturated heterocycles. The second-order valence-corrected chi connectivity index (χ2v) is 4.91. The second kappa shape index (κ2) is 7.11. The number of ether oxygens (including phenoxy) is 2. The van der Waals surface area contributed by atoms with E-state index in [2.05, 4.69) is 4.98 Å². The smallest absolute Gasteiger partial charge is 0.165 e. The van der Waals surface area contributed by atoms with E-state index < -0.39 is 0 Å². The van der Waals surface area contributed by atoms with E-state index in [0.717, 1.165) is 28.5 Å². The van der Waals surface area contributed by atoms with Crippen LogP contribution in [0.4, 0.5) is 0 Å². The number of hydrogen-bond acceptors (Lipinski definition) is 5. The lowest BCUT2D eigenvalue weighted by Gasteiger charge is -2.15. The van der Waals surface area contributed by atoms with Crippen molar-refractivity contribution in [3.8, 4) is 11.5 Å². The molecule has 0 bridgehead atoms. The predicted octanol–water partition coefficient (Wildman–Crippen LogP) is 2.62. The quantitative estimate of drug-likeness (QED) is 0.846. The molecule has 0 aliphatic heterocycles. The van der Waals surface area contributed by atoms with E-state index in [1.54, 1.807) is 17.5 Å². The van der Waals surface area contributed by atoms with Gasteiger partial charge in [-0.1, -0.05) is 12.1 Å². The topological polar surface area (TPSA) is 57.4 Å². The zero-order valence-electron chi connectivity index (χ0n) is 11.0. The molecule has 0 spiro atoms. The van der Waals surface area contributed by atoms with Crippen molar-refractivity contribution < 1.29 is 9.47 Å². The Balaban J connectivity index is 2.18. The maximum Gasteiger partial charge on any atom is 0.165 e. The predicted molar refractivity (Wildman–Crippen MR) is 76.8 cm³/mol. The van der Waals surface area contributed by atoms with Crippen molar-refractivity contribution >= 4 is 11.3 Å². The van der Waals surface area contributed by atoms with Gasteiger partial charge in [-0.15, -0.1) is 11.3 Å². The normalized spacial score (nSPS) is 10.4. The van der Waals surface area contributed by atoms with Gasteiger partial charge in [-0.05, 0) is 31.5 Å². The fraction of sp³-hybridized carbons (Fsp3) is 0.357. The molecule has 0 unspecified atom stereocenters. The molecule has 2 N–H and O–H groups in total. The first-order valence-electron chi connectivity index (χ1n) is 6.31. The van der Waals surface area contributed by atoms with E-state index in [-0.39, 0.29) is 0 Å². The average molecular weight is 278 g/mol. The lowest BCUT2D eigenvalue weighted by molar-refractivity contribution is 0.266. The zero-order valence-corrected chi connectivity index (χ0v) is 11.8. The summed E-state index contributed by atoms with van der Waals surface area (Å²) in [5.74, 6) is 1.55. The van der Waals surface area contributed by atoms with E-state index in [1.165, 1.54) is 0 Å². The molecule has 0 saturated carbocycles. The molecule has 2 aromatic rings. The van der Waals surface area contributed by atoms with Crippen LogP contribution >= 0.6 is 11.3 Å². The molecule has 0 fully saturated rings. The summed E-state index contributed by atoms with van der Waals surface area (Å²) in [6.07, 6.45) is 2.55. The summed E-state index contributed by atoms with van der Waals surface area (Å²) in [5, 5.41) is 2.89. The molecule has 2 rings (SSSR count). The van der Waals surface area contributed by atoms with Crippen LogP contribution in [0.15, 0.2) is 29.8 Å². The third-order valence-electron chi connectivity index (χ3n) is 2.60. The summed E-state index contributed by atoms with van der Waals surface area (Å²) in [5.41, 5.74) is 6.71. The fourth-order valence-corrected chi connectivity index (χ4v) is 2.33. The van der Waals surface area contributed by atoms with E-state index in [0.29, 0.717) is 19.8 Å². The van der Waals surface area contributed by atoms with Gasteiger partial charge in [-0.3, -0.25) is 0 Å². The first-order chi connectivity index (χ1) is 9.35. The van der Waals surface area contributed by atoms with Crippen molar-refractivity contribution in [2.24, 2.45) is 5.73 Å². The van der Waals surface area contributed by atoms with Crippen molar-refractivity contribution in [1.82, 2.24) is 4.98 Å². The van der Waals surface area contributed by atoms with Gasteiger partial charge in [0.1, 0.15) is 11.6 Å². The summed E-state index contributed by atoms with van der Waals surface area (Å²) in [7, 11) is 0. The fourth-order valence-electron chi connectivity index (χ4n) is 1.80. The van der Waals surface area contributed by atoms with Gasteiger partial charge in [0, 0.05) is 11.6 Å². The number of benzene rings is 1. The van der Waals surface area contributed by atoms with Gasteiger partial charge in [0.15, 0.2) is 11.5 Å². The molecule has 0 atom stereocenters. The van der Waals surface area contributed by atoms with E-state index in [9.17, 15) is 0 Å². The number of thiazole rings is 1. The summed E-state index contributed by atoms with van der Waals surface area (Å²) >= 11 is 1.58. The van der Waals surface area contributed by atoms with E-state index in [4.69, 9.17) is 15.2 Å².